The first kappa shape index (κ1) is 11.1. The first-order valence-electron chi connectivity index (χ1n) is 5.71. The Labute approximate surface area is 95.0 Å². The van der Waals surface area contributed by atoms with Crippen LogP contribution in [0.3, 0.4) is 0 Å². The molecule has 88 valence electrons. The van der Waals surface area contributed by atoms with Gasteiger partial charge >= 0.3 is 0 Å². The number of hydrogen-bond acceptors (Lipinski definition) is 3. The monoisotopic (exact) mass is 222 g/mol. The Kier molecular flexibility index (Phi) is 2.96. The van der Waals surface area contributed by atoms with Gasteiger partial charge in [-0.15, -0.1) is 0 Å². The van der Waals surface area contributed by atoms with E-state index in [2.05, 4.69) is 10.4 Å². The van der Waals surface area contributed by atoms with Crippen LogP contribution in [0.4, 0.5) is 0 Å². The van der Waals surface area contributed by atoms with Gasteiger partial charge in [0.05, 0.1) is 5.69 Å². The average Bonchev–Trinajstić information content (AvgIpc) is 2.57. The van der Waals surface area contributed by atoms with Crippen LogP contribution in [-0.4, -0.2) is 27.8 Å². The maximum atomic E-state index is 11.9. The van der Waals surface area contributed by atoms with Gasteiger partial charge in [0, 0.05) is 18.6 Å². The molecule has 2 rings (SSSR count). The van der Waals surface area contributed by atoms with Gasteiger partial charge in [0.15, 0.2) is 0 Å². The zero-order valence-corrected chi connectivity index (χ0v) is 9.73. The van der Waals surface area contributed by atoms with E-state index in [0.717, 1.165) is 18.5 Å². The molecule has 0 atom stereocenters. The van der Waals surface area contributed by atoms with Crippen molar-refractivity contribution < 1.29 is 4.79 Å². The highest BCUT2D eigenvalue weighted by molar-refractivity contribution is 5.92. The molecule has 0 saturated heterocycles. The van der Waals surface area contributed by atoms with Crippen LogP contribution in [0.1, 0.15) is 35.9 Å². The van der Waals surface area contributed by atoms with E-state index in [-0.39, 0.29) is 18.0 Å². The summed E-state index contributed by atoms with van der Waals surface area (Å²) in [6.07, 6.45) is 1.76. The molecule has 0 aromatic carbocycles. The standard InChI is InChI=1S/C11H18N4O/c1-3-15-10(4-7(2)14-15)11(16)13-9-5-8(12)6-9/h4,8-9H,3,5-6,12H2,1-2H3,(H,13,16). The summed E-state index contributed by atoms with van der Waals surface area (Å²) >= 11 is 0. The first-order chi connectivity index (χ1) is 7.60. The van der Waals surface area contributed by atoms with E-state index in [4.69, 9.17) is 5.73 Å². The predicted molar refractivity (Wildman–Crippen MR) is 61.1 cm³/mol. The smallest absolute Gasteiger partial charge is 0.269 e. The normalized spacial score (nSPS) is 23.9. The summed E-state index contributed by atoms with van der Waals surface area (Å²) in [5.74, 6) is -0.0423. The highest BCUT2D eigenvalue weighted by Gasteiger charge is 2.28. The molecule has 16 heavy (non-hydrogen) atoms. The van der Waals surface area contributed by atoms with Crippen molar-refractivity contribution in [1.82, 2.24) is 15.1 Å². The van der Waals surface area contributed by atoms with Gasteiger partial charge in [0.2, 0.25) is 0 Å². The van der Waals surface area contributed by atoms with Crippen molar-refractivity contribution in [2.24, 2.45) is 5.73 Å². The van der Waals surface area contributed by atoms with Gasteiger partial charge < -0.3 is 11.1 Å². The molecular weight excluding hydrogens is 204 g/mol. The molecular formula is C11H18N4O. The third-order valence-electron chi connectivity index (χ3n) is 2.94. The Morgan fingerprint density at radius 1 is 1.69 bits per heavy atom. The highest BCUT2D eigenvalue weighted by atomic mass is 16.2. The Hall–Kier alpha value is -1.36. The number of rotatable bonds is 3. The number of nitrogens with two attached hydrogens (primary N) is 1. The maximum absolute atomic E-state index is 11.9. The van der Waals surface area contributed by atoms with Gasteiger partial charge in [-0.2, -0.15) is 5.10 Å². The molecule has 0 unspecified atom stereocenters. The van der Waals surface area contributed by atoms with E-state index in [1.54, 1.807) is 4.68 Å². The lowest BCUT2D eigenvalue weighted by molar-refractivity contribution is 0.0899. The fourth-order valence-corrected chi connectivity index (χ4v) is 2.01. The predicted octanol–water partition coefficient (Wildman–Crippen LogP) is 0.431. The second kappa shape index (κ2) is 4.25. The third kappa shape index (κ3) is 2.09. The van der Waals surface area contributed by atoms with Gasteiger partial charge in [0.1, 0.15) is 5.69 Å². The van der Waals surface area contributed by atoms with Crippen LogP contribution in [-0.2, 0) is 6.54 Å². The van der Waals surface area contributed by atoms with Crippen LogP contribution in [0, 0.1) is 6.92 Å². The fourth-order valence-electron chi connectivity index (χ4n) is 2.01. The summed E-state index contributed by atoms with van der Waals surface area (Å²) in [4.78, 5) is 11.9. The van der Waals surface area contributed by atoms with Crippen LogP contribution >= 0.6 is 0 Å². The van der Waals surface area contributed by atoms with Crippen LogP contribution in [0.15, 0.2) is 6.07 Å². The molecule has 5 nitrogen and oxygen atoms in total. The minimum atomic E-state index is -0.0423. The van der Waals surface area contributed by atoms with Crippen molar-refractivity contribution in [2.45, 2.75) is 45.3 Å². The van der Waals surface area contributed by atoms with Crippen LogP contribution in [0.5, 0.6) is 0 Å². The molecule has 1 amide bonds. The minimum Gasteiger partial charge on any atom is -0.348 e. The number of carbonyl (C=O) groups is 1. The lowest BCUT2D eigenvalue weighted by Crippen LogP contribution is -2.50. The molecule has 0 spiro atoms. The molecule has 1 aromatic heterocycles. The molecule has 5 heteroatoms. The van der Waals surface area contributed by atoms with Crippen molar-refractivity contribution >= 4 is 5.91 Å². The lowest BCUT2D eigenvalue weighted by Gasteiger charge is -2.32. The van der Waals surface area contributed by atoms with Crippen LogP contribution in [0.25, 0.3) is 0 Å². The zero-order chi connectivity index (χ0) is 11.7. The highest BCUT2D eigenvalue weighted by Crippen LogP contribution is 2.18. The maximum Gasteiger partial charge on any atom is 0.269 e. The largest absolute Gasteiger partial charge is 0.348 e. The zero-order valence-electron chi connectivity index (χ0n) is 9.73. The van der Waals surface area contributed by atoms with Gasteiger partial charge in [-0.1, -0.05) is 0 Å². The molecule has 3 N–H and O–H groups in total. The summed E-state index contributed by atoms with van der Waals surface area (Å²) in [6, 6.07) is 2.31. The van der Waals surface area contributed by atoms with Gasteiger partial charge in [0.25, 0.3) is 5.91 Å². The molecule has 1 saturated carbocycles. The third-order valence-corrected chi connectivity index (χ3v) is 2.94. The topological polar surface area (TPSA) is 72.9 Å². The fraction of sp³-hybridized carbons (Fsp3) is 0.636. The van der Waals surface area contributed by atoms with Crippen molar-refractivity contribution in [3.63, 3.8) is 0 Å². The second-order valence-corrected chi connectivity index (χ2v) is 4.39. The van der Waals surface area contributed by atoms with Gasteiger partial charge in [-0.3, -0.25) is 9.48 Å². The Bertz CT molecular complexity index is 393. The molecule has 0 aliphatic heterocycles. The number of carbonyl (C=O) groups excluding carboxylic acids is 1. The van der Waals surface area contributed by atoms with Crippen molar-refractivity contribution in [3.8, 4) is 0 Å². The molecule has 1 heterocycles. The molecule has 1 aliphatic rings. The van der Waals surface area contributed by atoms with E-state index in [1.165, 1.54) is 0 Å². The molecule has 1 aromatic rings. The van der Waals surface area contributed by atoms with E-state index in [9.17, 15) is 4.79 Å². The number of nitrogens with zero attached hydrogens (tertiary/aromatic N) is 2. The van der Waals surface area contributed by atoms with Crippen LogP contribution in [0.2, 0.25) is 0 Å². The molecule has 0 bridgehead atoms. The Morgan fingerprint density at radius 2 is 2.38 bits per heavy atom. The van der Waals surface area contributed by atoms with E-state index >= 15 is 0 Å². The summed E-state index contributed by atoms with van der Waals surface area (Å²) in [5, 5.41) is 7.22. The number of nitrogens with one attached hydrogen (secondary N) is 1. The average molecular weight is 222 g/mol. The minimum absolute atomic E-state index is 0.0423. The summed E-state index contributed by atoms with van der Waals surface area (Å²) in [5.41, 5.74) is 7.19. The summed E-state index contributed by atoms with van der Waals surface area (Å²) in [7, 11) is 0. The van der Waals surface area contributed by atoms with E-state index < -0.39 is 0 Å². The lowest BCUT2D eigenvalue weighted by atomic mass is 9.87. The van der Waals surface area contributed by atoms with E-state index in [0.29, 0.717) is 12.2 Å². The van der Waals surface area contributed by atoms with Crippen molar-refractivity contribution in [1.29, 1.82) is 0 Å². The Balaban J connectivity index is 2.02. The number of amides is 1. The van der Waals surface area contributed by atoms with Gasteiger partial charge in [-0.05, 0) is 32.8 Å². The quantitative estimate of drug-likeness (QED) is 0.779. The van der Waals surface area contributed by atoms with Crippen LogP contribution < -0.4 is 11.1 Å². The number of aryl methyl sites for hydroxylation is 2. The first-order valence-corrected chi connectivity index (χ1v) is 5.71. The SMILES string of the molecule is CCn1nc(C)cc1C(=O)NC1CC(N)C1. The van der Waals surface area contributed by atoms with Gasteiger partial charge in [-0.25, -0.2) is 0 Å². The second-order valence-electron chi connectivity index (χ2n) is 4.39. The summed E-state index contributed by atoms with van der Waals surface area (Å²) < 4.78 is 1.73. The van der Waals surface area contributed by atoms with Crippen molar-refractivity contribution in [3.05, 3.63) is 17.5 Å². The summed E-state index contributed by atoms with van der Waals surface area (Å²) in [6.45, 7) is 4.57. The Morgan fingerprint density at radius 3 is 2.94 bits per heavy atom. The van der Waals surface area contributed by atoms with Crippen molar-refractivity contribution in [2.75, 3.05) is 0 Å². The molecule has 1 aliphatic carbocycles. The molecule has 0 radical (unpaired) electrons. The number of aromatic nitrogens is 2. The molecule has 1 fully saturated rings. The number of hydrogen-bond donors (Lipinski definition) is 2. The van der Waals surface area contributed by atoms with E-state index in [1.807, 2.05) is 19.9 Å².